The summed E-state index contributed by atoms with van der Waals surface area (Å²) in [5, 5.41) is 5.43. The van der Waals surface area contributed by atoms with Crippen molar-refractivity contribution in [3.63, 3.8) is 0 Å². The van der Waals surface area contributed by atoms with Crippen LogP contribution in [0.5, 0.6) is 0 Å². The molecular formula is C16H10N2S2. The minimum absolute atomic E-state index is 0.646. The fraction of sp³-hybridized carbons (Fsp3) is 0. The molecule has 2 aromatic heterocycles. The summed E-state index contributed by atoms with van der Waals surface area (Å²) in [5.74, 6) is 0.841. The monoisotopic (exact) mass is 294 g/mol. The molecule has 4 rings (SSSR count). The number of aromatic amines is 1. The summed E-state index contributed by atoms with van der Waals surface area (Å²) in [4.78, 5) is 9.02. The Morgan fingerprint density at radius 1 is 1.00 bits per heavy atom. The molecule has 1 N–H and O–H groups in total. The molecular weight excluding hydrogens is 284 g/mol. The van der Waals surface area contributed by atoms with Gasteiger partial charge in [-0.05, 0) is 34.4 Å². The largest absolute Gasteiger partial charge is 0.338 e. The molecule has 0 bridgehead atoms. The first-order valence-corrected chi connectivity index (χ1v) is 7.57. The van der Waals surface area contributed by atoms with Crippen LogP contribution in [0.1, 0.15) is 0 Å². The SMILES string of the molecule is S=c1nc(-c2cccs2)[nH]c2cc3ccccc3cc12. The zero-order valence-corrected chi connectivity index (χ0v) is 12.1. The molecule has 4 aromatic rings. The van der Waals surface area contributed by atoms with E-state index in [1.165, 1.54) is 10.8 Å². The maximum Gasteiger partial charge on any atom is 0.149 e. The van der Waals surface area contributed by atoms with Crippen LogP contribution >= 0.6 is 23.6 Å². The third-order valence-electron chi connectivity index (χ3n) is 3.34. The first-order chi connectivity index (χ1) is 9.81. The van der Waals surface area contributed by atoms with Gasteiger partial charge in [-0.3, -0.25) is 0 Å². The number of aromatic nitrogens is 2. The van der Waals surface area contributed by atoms with Gasteiger partial charge in [0.15, 0.2) is 0 Å². The molecule has 96 valence electrons. The first kappa shape index (κ1) is 11.8. The lowest BCUT2D eigenvalue weighted by Gasteiger charge is -2.05. The summed E-state index contributed by atoms with van der Waals surface area (Å²) >= 11 is 7.11. The zero-order valence-electron chi connectivity index (χ0n) is 10.5. The lowest BCUT2D eigenvalue weighted by Crippen LogP contribution is -1.90. The lowest BCUT2D eigenvalue weighted by molar-refractivity contribution is 1.22. The van der Waals surface area contributed by atoms with Crippen LogP contribution in [0.3, 0.4) is 0 Å². The molecule has 4 heteroatoms. The van der Waals surface area contributed by atoms with E-state index >= 15 is 0 Å². The Morgan fingerprint density at radius 3 is 2.55 bits per heavy atom. The number of rotatable bonds is 1. The Labute approximate surface area is 124 Å². The average molecular weight is 294 g/mol. The van der Waals surface area contributed by atoms with Crippen LogP contribution in [-0.4, -0.2) is 9.97 Å². The van der Waals surface area contributed by atoms with Crippen molar-refractivity contribution in [2.75, 3.05) is 0 Å². The van der Waals surface area contributed by atoms with E-state index in [4.69, 9.17) is 12.2 Å². The van der Waals surface area contributed by atoms with Crippen molar-refractivity contribution in [2.24, 2.45) is 0 Å². The lowest BCUT2D eigenvalue weighted by atomic mass is 10.1. The number of H-pyrrole nitrogens is 1. The Hall–Kier alpha value is -2.04. The van der Waals surface area contributed by atoms with Crippen LogP contribution in [0.2, 0.25) is 0 Å². The van der Waals surface area contributed by atoms with Crippen molar-refractivity contribution in [2.45, 2.75) is 0 Å². The van der Waals surface area contributed by atoms with E-state index in [0.717, 1.165) is 21.6 Å². The van der Waals surface area contributed by atoms with Gasteiger partial charge in [0.25, 0.3) is 0 Å². The molecule has 2 nitrogen and oxygen atoms in total. The highest BCUT2D eigenvalue weighted by Crippen LogP contribution is 2.26. The van der Waals surface area contributed by atoms with Gasteiger partial charge >= 0.3 is 0 Å². The molecule has 0 saturated carbocycles. The highest BCUT2D eigenvalue weighted by atomic mass is 32.1. The quantitative estimate of drug-likeness (QED) is 0.387. The fourth-order valence-electron chi connectivity index (χ4n) is 2.37. The summed E-state index contributed by atoms with van der Waals surface area (Å²) in [5.41, 5.74) is 1.03. The van der Waals surface area contributed by atoms with Crippen LogP contribution in [0.25, 0.3) is 32.4 Å². The van der Waals surface area contributed by atoms with Gasteiger partial charge in [-0.2, -0.15) is 0 Å². The van der Waals surface area contributed by atoms with Gasteiger partial charge in [0.1, 0.15) is 10.5 Å². The molecule has 0 aliphatic carbocycles. The molecule has 0 radical (unpaired) electrons. The van der Waals surface area contributed by atoms with Crippen LogP contribution < -0.4 is 0 Å². The van der Waals surface area contributed by atoms with Crippen LogP contribution in [-0.2, 0) is 0 Å². The Kier molecular flexibility index (Phi) is 2.65. The maximum atomic E-state index is 5.45. The highest BCUT2D eigenvalue weighted by Gasteiger charge is 2.06. The maximum absolute atomic E-state index is 5.45. The molecule has 2 heterocycles. The number of fused-ring (bicyclic) bond motifs is 2. The number of nitrogens with one attached hydrogen (secondary N) is 1. The molecule has 0 amide bonds. The van der Waals surface area contributed by atoms with Crippen molar-refractivity contribution >= 4 is 45.2 Å². The third kappa shape index (κ3) is 1.85. The summed E-state index contributed by atoms with van der Waals surface area (Å²) in [7, 11) is 0. The van der Waals surface area contributed by atoms with Gasteiger partial charge < -0.3 is 4.98 Å². The predicted molar refractivity (Wildman–Crippen MR) is 87.7 cm³/mol. The molecule has 20 heavy (non-hydrogen) atoms. The predicted octanol–water partition coefficient (Wildman–Crippen LogP) is 5.17. The third-order valence-corrected chi connectivity index (χ3v) is 4.53. The smallest absolute Gasteiger partial charge is 0.149 e. The molecule has 0 fully saturated rings. The number of thiophene rings is 1. The minimum atomic E-state index is 0.646. The topological polar surface area (TPSA) is 28.7 Å². The molecule has 2 aromatic carbocycles. The van der Waals surface area contributed by atoms with Crippen molar-refractivity contribution in [1.82, 2.24) is 9.97 Å². The van der Waals surface area contributed by atoms with Crippen molar-refractivity contribution in [3.05, 3.63) is 58.6 Å². The Morgan fingerprint density at radius 2 is 1.80 bits per heavy atom. The highest BCUT2D eigenvalue weighted by molar-refractivity contribution is 7.71. The van der Waals surface area contributed by atoms with Gasteiger partial charge in [-0.15, -0.1) is 11.3 Å². The number of hydrogen-bond donors (Lipinski definition) is 1. The van der Waals surface area contributed by atoms with Gasteiger partial charge in [-0.25, -0.2) is 4.98 Å². The average Bonchev–Trinajstić information content (AvgIpc) is 2.99. The summed E-state index contributed by atoms with van der Waals surface area (Å²) in [6, 6.07) is 16.6. The van der Waals surface area contributed by atoms with Crippen LogP contribution in [0, 0.1) is 4.64 Å². The number of hydrogen-bond acceptors (Lipinski definition) is 3. The molecule has 0 spiro atoms. The van der Waals surface area contributed by atoms with Gasteiger partial charge in [0, 0.05) is 5.39 Å². The molecule has 0 saturated heterocycles. The molecule has 0 aliphatic rings. The zero-order chi connectivity index (χ0) is 13.5. The van der Waals surface area contributed by atoms with E-state index in [1.54, 1.807) is 11.3 Å². The second-order valence-electron chi connectivity index (χ2n) is 4.61. The van der Waals surface area contributed by atoms with Crippen LogP contribution in [0.4, 0.5) is 0 Å². The van der Waals surface area contributed by atoms with E-state index in [1.807, 2.05) is 29.6 Å². The summed E-state index contributed by atoms with van der Waals surface area (Å²) in [6.07, 6.45) is 0. The summed E-state index contributed by atoms with van der Waals surface area (Å²) < 4.78 is 0.646. The fourth-order valence-corrected chi connectivity index (χ4v) is 3.30. The normalized spacial score (nSPS) is 11.2. The number of nitrogens with zero attached hydrogens (tertiary/aromatic N) is 1. The molecule has 0 atom stereocenters. The standard InChI is InChI=1S/C16H10N2S2/c19-16-12-8-10-4-1-2-5-11(10)9-13(12)17-15(18-16)14-6-3-7-20-14/h1-9H,(H,17,18,19). The van der Waals surface area contributed by atoms with Gasteiger partial charge in [0.2, 0.25) is 0 Å². The molecule has 0 aliphatic heterocycles. The van der Waals surface area contributed by atoms with E-state index < -0.39 is 0 Å². The number of benzene rings is 2. The minimum Gasteiger partial charge on any atom is -0.338 e. The van der Waals surface area contributed by atoms with E-state index in [9.17, 15) is 0 Å². The van der Waals surface area contributed by atoms with Crippen molar-refractivity contribution in [3.8, 4) is 10.7 Å². The second-order valence-corrected chi connectivity index (χ2v) is 5.95. The Bertz CT molecular complexity index is 969. The van der Waals surface area contributed by atoms with Crippen LogP contribution in [0.15, 0.2) is 53.9 Å². The van der Waals surface area contributed by atoms with Gasteiger partial charge in [-0.1, -0.05) is 42.5 Å². The van der Waals surface area contributed by atoms with E-state index in [2.05, 4.69) is 34.2 Å². The molecule has 0 unspecified atom stereocenters. The van der Waals surface area contributed by atoms with Crippen molar-refractivity contribution in [1.29, 1.82) is 0 Å². The van der Waals surface area contributed by atoms with Gasteiger partial charge in [0.05, 0.1) is 10.4 Å². The van der Waals surface area contributed by atoms with E-state index in [-0.39, 0.29) is 0 Å². The van der Waals surface area contributed by atoms with Crippen molar-refractivity contribution < 1.29 is 0 Å². The summed E-state index contributed by atoms with van der Waals surface area (Å²) in [6.45, 7) is 0. The Balaban J connectivity index is 2.09. The van der Waals surface area contributed by atoms with E-state index in [0.29, 0.717) is 4.64 Å². The first-order valence-electron chi connectivity index (χ1n) is 6.28. The second kappa shape index (κ2) is 4.51.